The lowest BCUT2D eigenvalue weighted by Crippen LogP contribution is -2.32. The molecule has 3 aromatic rings. The molecule has 0 saturated heterocycles. The number of alkyl carbamates (subject to hydrolysis) is 1. The number of anilines is 1. The third kappa shape index (κ3) is 7.69. The fraction of sp³-hybridized carbons (Fsp3) is 0.240. The van der Waals surface area contributed by atoms with E-state index >= 15 is 0 Å². The Morgan fingerprint density at radius 2 is 1.67 bits per heavy atom. The average molecular weight is 505 g/mol. The summed E-state index contributed by atoms with van der Waals surface area (Å²) in [6.07, 6.45) is -3.86. The van der Waals surface area contributed by atoms with Gasteiger partial charge in [0.2, 0.25) is 5.88 Å². The number of carbonyl (C=O) groups is 2. The van der Waals surface area contributed by atoms with Crippen LogP contribution >= 0.6 is 0 Å². The van der Waals surface area contributed by atoms with Crippen molar-refractivity contribution in [1.82, 2.24) is 10.3 Å². The fourth-order valence-corrected chi connectivity index (χ4v) is 2.87. The summed E-state index contributed by atoms with van der Waals surface area (Å²) in [5.74, 6) is -1.37. The van der Waals surface area contributed by atoms with Crippen LogP contribution in [0.15, 0.2) is 60.8 Å². The quantitative estimate of drug-likeness (QED) is 0.384. The molecule has 0 aliphatic heterocycles. The number of rotatable bonds is 6. The number of carbonyl (C=O) groups excluding carboxylic acids is 2. The third-order valence-electron chi connectivity index (χ3n) is 4.52. The van der Waals surface area contributed by atoms with E-state index in [1.54, 1.807) is 26.8 Å². The molecule has 2 amide bonds. The fourth-order valence-electron chi connectivity index (χ4n) is 2.87. The number of hydrogen-bond donors (Lipinski definition) is 2. The highest BCUT2D eigenvalue weighted by molar-refractivity contribution is 6.04. The normalized spacial score (nSPS) is 11.5. The molecule has 0 aliphatic carbocycles. The number of pyridine rings is 1. The number of ether oxygens (including phenoxy) is 2. The van der Waals surface area contributed by atoms with Gasteiger partial charge in [0.05, 0.1) is 17.4 Å². The molecule has 1 aromatic heterocycles. The highest BCUT2D eigenvalue weighted by atomic mass is 19.4. The summed E-state index contributed by atoms with van der Waals surface area (Å²) in [7, 11) is 0. The van der Waals surface area contributed by atoms with E-state index in [1.807, 2.05) is 0 Å². The first kappa shape index (κ1) is 26.5. The first-order chi connectivity index (χ1) is 16.8. The van der Waals surface area contributed by atoms with Crippen molar-refractivity contribution in [2.45, 2.75) is 39.1 Å². The molecule has 1 heterocycles. The van der Waals surface area contributed by atoms with Gasteiger partial charge in [0.15, 0.2) is 11.6 Å². The van der Waals surface area contributed by atoms with Gasteiger partial charge in [-0.3, -0.25) is 4.79 Å². The van der Waals surface area contributed by atoms with Gasteiger partial charge in [-0.05, 0) is 68.8 Å². The molecule has 0 bridgehead atoms. The Balaban J connectivity index is 1.56. The van der Waals surface area contributed by atoms with E-state index in [9.17, 15) is 27.2 Å². The molecular weight excluding hydrogens is 482 g/mol. The van der Waals surface area contributed by atoms with Crippen molar-refractivity contribution >= 4 is 17.7 Å². The van der Waals surface area contributed by atoms with Gasteiger partial charge >= 0.3 is 12.3 Å². The summed E-state index contributed by atoms with van der Waals surface area (Å²) in [5.41, 5.74) is -0.731. The number of nitrogens with zero attached hydrogens (tertiary/aromatic N) is 1. The van der Waals surface area contributed by atoms with Crippen LogP contribution in [0.5, 0.6) is 11.6 Å². The lowest BCUT2D eigenvalue weighted by molar-refractivity contribution is -0.137. The molecule has 36 heavy (non-hydrogen) atoms. The minimum absolute atomic E-state index is 0.0339. The van der Waals surface area contributed by atoms with Gasteiger partial charge in [0.1, 0.15) is 5.60 Å². The number of benzene rings is 2. The van der Waals surface area contributed by atoms with Crippen LogP contribution in [0.25, 0.3) is 0 Å². The highest BCUT2D eigenvalue weighted by Crippen LogP contribution is 2.29. The first-order valence-corrected chi connectivity index (χ1v) is 10.7. The Hall–Kier alpha value is -4.15. The van der Waals surface area contributed by atoms with Crippen LogP contribution in [0.2, 0.25) is 0 Å². The zero-order chi connectivity index (χ0) is 26.5. The van der Waals surface area contributed by atoms with Crippen molar-refractivity contribution in [2.24, 2.45) is 0 Å². The predicted octanol–water partition coefficient (Wildman–Crippen LogP) is 6.31. The molecule has 0 fully saturated rings. The predicted molar refractivity (Wildman–Crippen MR) is 123 cm³/mol. The van der Waals surface area contributed by atoms with Gasteiger partial charge in [-0.25, -0.2) is 14.2 Å². The maximum Gasteiger partial charge on any atom is 0.416 e. The molecule has 0 aliphatic rings. The summed E-state index contributed by atoms with van der Waals surface area (Å²) in [4.78, 5) is 28.0. The minimum atomic E-state index is -4.49. The molecule has 3 rings (SSSR count). The van der Waals surface area contributed by atoms with Crippen molar-refractivity contribution in [3.63, 3.8) is 0 Å². The van der Waals surface area contributed by atoms with Crippen molar-refractivity contribution in [1.29, 1.82) is 0 Å². The monoisotopic (exact) mass is 505 g/mol. The molecule has 190 valence electrons. The smallest absolute Gasteiger partial charge is 0.416 e. The van der Waals surface area contributed by atoms with Gasteiger partial charge in [0, 0.05) is 18.2 Å². The number of halogens is 4. The van der Waals surface area contributed by atoms with E-state index in [4.69, 9.17) is 9.47 Å². The van der Waals surface area contributed by atoms with Crippen molar-refractivity contribution in [3.05, 3.63) is 83.3 Å². The van der Waals surface area contributed by atoms with E-state index in [0.29, 0.717) is 5.56 Å². The third-order valence-corrected chi connectivity index (χ3v) is 4.52. The Morgan fingerprint density at radius 1 is 0.972 bits per heavy atom. The minimum Gasteiger partial charge on any atom is -0.444 e. The number of nitrogens with one attached hydrogen (secondary N) is 2. The largest absolute Gasteiger partial charge is 0.444 e. The zero-order valence-corrected chi connectivity index (χ0v) is 19.6. The van der Waals surface area contributed by atoms with Crippen LogP contribution in [0.1, 0.15) is 42.3 Å². The summed E-state index contributed by atoms with van der Waals surface area (Å²) >= 11 is 0. The lowest BCUT2D eigenvalue weighted by Gasteiger charge is -2.19. The first-order valence-electron chi connectivity index (χ1n) is 10.7. The molecule has 0 spiro atoms. The van der Waals surface area contributed by atoms with Gasteiger partial charge in [-0.2, -0.15) is 13.2 Å². The Morgan fingerprint density at radius 3 is 2.22 bits per heavy atom. The average Bonchev–Trinajstić information content (AvgIpc) is 2.79. The number of hydrogen-bond acceptors (Lipinski definition) is 5. The van der Waals surface area contributed by atoms with Gasteiger partial charge in [0.25, 0.3) is 5.91 Å². The van der Waals surface area contributed by atoms with Crippen LogP contribution in [-0.2, 0) is 17.5 Å². The molecule has 0 saturated carbocycles. The highest BCUT2D eigenvalue weighted by Gasteiger charge is 2.30. The summed E-state index contributed by atoms with van der Waals surface area (Å²) in [6.45, 7) is 5.24. The van der Waals surface area contributed by atoms with Gasteiger partial charge in [-0.1, -0.05) is 6.07 Å². The van der Waals surface area contributed by atoms with E-state index in [1.165, 1.54) is 30.5 Å². The van der Waals surface area contributed by atoms with Crippen molar-refractivity contribution in [2.75, 3.05) is 5.32 Å². The second-order valence-corrected chi connectivity index (χ2v) is 8.64. The molecule has 0 unspecified atom stereocenters. The number of aromatic nitrogens is 1. The second kappa shape index (κ2) is 10.6. The van der Waals surface area contributed by atoms with E-state index < -0.39 is 35.2 Å². The summed E-state index contributed by atoms with van der Waals surface area (Å²) < 4.78 is 63.0. The van der Waals surface area contributed by atoms with Crippen LogP contribution in [0.3, 0.4) is 0 Å². The maximum atomic E-state index is 14.4. The Bertz CT molecular complexity index is 1220. The molecule has 2 aromatic carbocycles. The topological polar surface area (TPSA) is 89.5 Å². The van der Waals surface area contributed by atoms with Crippen molar-refractivity contribution in [3.8, 4) is 11.6 Å². The summed E-state index contributed by atoms with van der Waals surface area (Å²) in [6, 6.07) is 10.7. The van der Waals surface area contributed by atoms with E-state index in [0.717, 1.165) is 24.3 Å². The van der Waals surface area contributed by atoms with Gasteiger partial charge < -0.3 is 20.1 Å². The van der Waals surface area contributed by atoms with Crippen LogP contribution < -0.4 is 15.4 Å². The molecule has 11 heteroatoms. The summed E-state index contributed by atoms with van der Waals surface area (Å²) in [5, 5.41) is 5.04. The molecule has 2 N–H and O–H groups in total. The number of amides is 2. The lowest BCUT2D eigenvalue weighted by atomic mass is 10.1. The van der Waals surface area contributed by atoms with Crippen LogP contribution in [0, 0.1) is 5.82 Å². The SMILES string of the molecule is CC(C)(C)OC(=O)NCc1ccc(Oc2ccc(NC(=O)c3ccc(C(F)(F)F)cc3)cn2)c(F)c1. The van der Waals surface area contributed by atoms with Gasteiger partial charge in [-0.15, -0.1) is 0 Å². The van der Waals surface area contributed by atoms with Crippen LogP contribution in [0.4, 0.5) is 28.0 Å². The zero-order valence-electron chi connectivity index (χ0n) is 19.6. The van der Waals surface area contributed by atoms with E-state index in [2.05, 4.69) is 15.6 Å². The molecular formula is C25H23F4N3O4. The molecule has 7 nitrogen and oxygen atoms in total. The standard InChI is InChI=1S/C25H23F4N3O4/c1-24(2,3)36-23(34)31-13-15-4-10-20(19(26)12-15)35-21-11-9-18(14-30-21)32-22(33)16-5-7-17(8-6-16)25(27,28)29/h4-12,14H,13H2,1-3H3,(H,31,34)(H,32,33). The number of alkyl halides is 3. The Labute approximate surface area is 204 Å². The molecule has 0 atom stereocenters. The van der Waals surface area contributed by atoms with E-state index in [-0.39, 0.29) is 29.4 Å². The second-order valence-electron chi connectivity index (χ2n) is 8.64. The van der Waals surface area contributed by atoms with Crippen molar-refractivity contribution < 1.29 is 36.6 Å². The Kier molecular flexibility index (Phi) is 7.81. The molecule has 0 radical (unpaired) electrons. The maximum absolute atomic E-state index is 14.4. The van der Waals surface area contributed by atoms with Crippen LogP contribution in [-0.4, -0.2) is 22.6 Å².